The molecule has 30 heavy (non-hydrogen) atoms. The summed E-state index contributed by atoms with van der Waals surface area (Å²) in [5, 5.41) is 10.1. The zero-order valence-corrected chi connectivity index (χ0v) is 18.0. The maximum Gasteiger partial charge on any atom is 0.189 e. The molecule has 1 N–H and O–H groups in total. The Morgan fingerprint density at radius 3 is 2.67 bits per heavy atom. The molecule has 7 heteroatoms. The van der Waals surface area contributed by atoms with Gasteiger partial charge < -0.3 is 10.1 Å². The maximum atomic E-state index is 5.32. The second-order valence-corrected chi connectivity index (χ2v) is 8.36. The number of hydrogen-bond donors (Lipinski definition) is 1. The van der Waals surface area contributed by atoms with Gasteiger partial charge in [0.15, 0.2) is 10.9 Å². The lowest BCUT2D eigenvalue weighted by Crippen LogP contribution is -2.05. The van der Waals surface area contributed by atoms with Gasteiger partial charge in [-0.2, -0.15) is 9.78 Å². The Labute approximate surface area is 178 Å². The molecule has 0 saturated heterocycles. The number of hydrogen-bond acceptors (Lipinski definition) is 6. The highest BCUT2D eigenvalue weighted by Crippen LogP contribution is 2.32. The molecule has 0 radical (unpaired) electrons. The van der Waals surface area contributed by atoms with E-state index in [-0.39, 0.29) is 0 Å². The van der Waals surface area contributed by atoms with Crippen LogP contribution in [0.4, 0.5) is 10.9 Å². The number of benzene rings is 2. The minimum absolute atomic E-state index is 0.785. The van der Waals surface area contributed by atoms with Crippen molar-refractivity contribution in [2.45, 2.75) is 20.8 Å². The van der Waals surface area contributed by atoms with Crippen molar-refractivity contribution in [3.63, 3.8) is 0 Å². The molecular weight excluding hydrogens is 394 g/mol. The third-order valence-electron chi connectivity index (χ3n) is 5.11. The Bertz CT molecular complexity index is 1400. The second kappa shape index (κ2) is 7.11. The van der Waals surface area contributed by atoms with Crippen molar-refractivity contribution >= 4 is 43.4 Å². The summed E-state index contributed by atoms with van der Waals surface area (Å²) < 4.78 is 8.23. The van der Waals surface area contributed by atoms with Crippen LogP contribution in [-0.4, -0.2) is 26.9 Å². The molecule has 5 rings (SSSR count). The molecule has 0 aliphatic heterocycles. The van der Waals surface area contributed by atoms with E-state index in [1.807, 2.05) is 35.9 Å². The normalized spacial score (nSPS) is 11.3. The standard InChI is InChI=1S/C23H21N5OS/c1-13-6-5-7-17-14(2)10-20(25-22(13)17)28-21(11-15(3)27-28)26-23-24-18-9-8-16(29-4)12-19(18)30-23/h5-12H,1-4H3,(H,24,26). The fourth-order valence-electron chi connectivity index (χ4n) is 3.61. The van der Waals surface area contributed by atoms with Crippen molar-refractivity contribution in [1.29, 1.82) is 0 Å². The van der Waals surface area contributed by atoms with E-state index in [2.05, 4.69) is 48.5 Å². The molecule has 150 valence electrons. The number of methoxy groups -OCH3 is 1. The lowest BCUT2D eigenvalue weighted by Gasteiger charge is -2.11. The van der Waals surface area contributed by atoms with Crippen LogP contribution in [0.25, 0.3) is 26.9 Å². The summed E-state index contributed by atoms with van der Waals surface area (Å²) in [6, 6.07) is 16.2. The van der Waals surface area contributed by atoms with Gasteiger partial charge >= 0.3 is 0 Å². The molecule has 3 heterocycles. The van der Waals surface area contributed by atoms with E-state index in [0.29, 0.717) is 0 Å². The van der Waals surface area contributed by atoms with Crippen molar-refractivity contribution in [3.8, 4) is 11.6 Å². The summed E-state index contributed by atoms with van der Waals surface area (Å²) in [4.78, 5) is 9.61. The van der Waals surface area contributed by atoms with E-state index >= 15 is 0 Å². The summed E-state index contributed by atoms with van der Waals surface area (Å²) >= 11 is 1.58. The first-order valence-electron chi connectivity index (χ1n) is 9.67. The van der Waals surface area contributed by atoms with Crippen LogP contribution in [0.5, 0.6) is 5.75 Å². The highest BCUT2D eigenvalue weighted by molar-refractivity contribution is 7.22. The van der Waals surface area contributed by atoms with Gasteiger partial charge in [0.05, 0.1) is 28.5 Å². The molecule has 0 saturated carbocycles. The number of rotatable bonds is 4. The fourth-order valence-corrected chi connectivity index (χ4v) is 4.51. The van der Waals surface area contributed by atoms with E-state index in [4.69, 9.17) is 14.7 Å². The molecule has 3 aromatic heterocycles. The number of pyridine rings is 1. The van der Waals surface area contributed by atoms with Crippen LogP contribution in [0.15, 0.2) is 48.5 Å². The molecule has 2 aromatic carbocycles. The number of nitrogens with zero attached hydrogens (tertiary/aromatic N) is 4. The minimum Gasteiger partial charge on any atom is -0.497 e. The summed E-state index contributed by atoms with van der Waals surface area (Å²) in [6.45, 7) is 6.17. The lowest BCUT2D eigenvalue weighted by molar-refractivity contribution is 0.415. The zero-order valence-electron chi connectivity index (χ0n) is 17.2. The van der Waals surface area contributed by atoms with Gasteiger partial charge in [-0.05, 0) is 56.2 Å². The Hall–Kier alpha value is -3.45. The van der Waals surface area contributed by atoms with Crippen LogP contribution in [0, 0.1) is 20.8 Å². The van der Waals surface area contributed by atoms with Crippen LogP contribution < -0.4 is 10.1 Å². The molecule has 6 nitrogen and oxygen atoms in total. The molecule has 0 aliphatic carbocycles. The Kier molecular flexibility index (Phi) is 4.40. The fraction of sp³-hybridized carbons (Fsp3) is 0.174. The quantitative estimate of drug-likeness (QED) is 0.407. The number of para-hydroxylation sites is 1. The topological polar surface area (TPSA) is 64.9 Å². The predicted octanol–water partition coefficient (Wildman–Crippen LogP) is 5.71. The number of anilines is 2. The van der Waals surface area contributed by atoms with Gasteiger partial charge in [0.2, 0.25) is 0 Å². The van der Waals surface area contributed by atoms with Crippen LogP contribution >= 0.6 is 11.3 Å². The van der Waals surface area contributed by atoms with Gasteiger partial charge in [0.1, 0.15) is 11.6 Å². The zero-order chi connectivity index (χ0) is 20.8. The van der Waals surface area contributed by atoms with E-state index < -0.39 is 0 Å². The predicted molar refractivity (Wildman–Crippen MR) is 123 cm³/mol. The Morgan fingerprint density at radius 2 is 1.83 bits per heavy atom. The lowest BCUT2D eigenvalue weighted by atomic mass is 10.1. The van der Waals surface area contributed by atoms with Crippen molar-refractivity contribution in [1.82, 2.24) is 19.7 Å². The van der Waals surface area contributed by atoms with Crippen molar-refractivity contribution < 1.29 is 4.74 Å². The van der Waals surface area contributed by atoms with Crippen LogP contribution in [0.1, 0.15) is 16.8 Å². The first-order valence-corrected chi connectivity index (χ1v) is 10.5. The van der Waals surface area contributed by atoms with Crippen LogP contribution in [-0.2, 0) is 0 Å². The molecule has 0 amide bonds. The van der Waals surface area contributed by atoms with Crippen molar-refractivity contribution in [2.75, 3.05) is 12.4 Å². The Balaban J connectivity index is 1.58. The first kappa shape index (κ1) is 18.6. The number of aromatic nitrogens is 4. The van der Waals surface area contributed by atoms with E-state index in [1.54, 1.807) is 18.4 Å². The van der Waals surface area contributed by atoms with Crippen molar-refractivity contribution in [2.24, 2.45) is 0 Å². The molecular formula is C23H21N5OS. The van der Waals surface area contributed by atoms with Gasteiger partial charge in [-0.1, -0.05) is 29.5 Å². The van der Waals surface area contributed by atoms with Gasteiger partial charge in [-0.3, -0.25) is 0 Å². The smallest absolute Gasteiger partial charge is 0.189 e. The van der Waals surface area contributed by atoms with E-state index in [1.165, 1.54) is 5.56 Å². The number of thiazole rings is 1. The first-order chi connectivity index (χ1) is 14.5. The molecule has 0 atom stereocenters. The molecule has 0 bridgehead atoms. The third-order valence-corrected chi connectivity index (χ3v) is 6.05. The number of fused-ring (bicyclic) bond motifs is 2. The number of ether oxygens (including phenoxy) is 1. The van der Waals surface area contributed by atoms with Gasteiger partial charge in [0.25, 0.3) is 0 Å². The Morgan fingerprint density at radius 1 is 0.967 bits per heavy atom. The highest BCUT2D eigenvalue weighted by Gasteiger charge is 2.14. The molecule has 0 fully saturated rings. The molecule has 0 aliphatic rings. The second-order valence-electron chi connectivity index (χ2n) is 7.33. The van der Waals surface area contributed by atoms with Gasteiger partial charge in [0, 0.05) is 11.5 Å². The average molecular weight is 416 g/mol. The SMILES string of the molecule is COc1ccc2nc(Nc3cc(C)nn3-c3cc(C)c4cccc(C)c4n3)sc2c1. The minimum atomic E-state index is 0.785. The average Bonchev–Trinajstić information content (AvgIpc) is 3.30. The van der Waals surface area contributed by atoms with Crippen LogP contribution in [0.2, 0.25) is 0 Å². The van der Waals surface area contributed by atoms with Crippen LogP contribution in [0.3, 0.4) is 0 Å². The number of nitrogens with one attached hydrogen (secondary N) is 1. The summed E-state index contributed by atoms with van der Waals surface area (Å²) in [6.07, 6.45) is 0. The van der Waals surface area contributed by atoms with Crippen molar-refractivity contribution in [3.05, 3.63) is 65.4 Å². The summed E-state index contributed by atoms with van der Waals surface area (Å²) in [5.41, 5.74) is 5.16. The van der Waals surface area contributed by atoms with Gasteiger partial charge in [-0.15, -0.1) is 0 Å². The maximum absolute atomic E-state index is 5.32. The van der Waals surface area contributed by atoms with E-state index in [0.717, 1.165) is 54.9 Å². The molecule has 5 aromatic rings. The summed E-state index contributed by atoms with van der Waals surface area (Å²) in [5.74, 6) is 2.44. The van der Waals surface area contributed by atoms with Gasteiger partial charge in [-0.25, -0.2) is 9.97 Å². The largest absolute Gasteiger partial charge is 0.497 e. The summed E-state index contributed by atoms with van der Waals surface area (Å²) in [7, 11) is 1.67. The monoisotopic (exact) mass is 415 g/mol. The number of aryl methyl sites for hydroxylation is 3. The highest BCUT2D eigenvalue weighted by atomic mass is 32.1. The molecule has 0 spiro atoms. The third kappa shape index (κ3) is 3.17. The van der Waals surface area contributed by atoms with E-state index in [9.17, 15) is 0 Å². The molecule has 0 unspecified atom stereocenters.